The highest BCUT2D eigenvalue weighted by Crippen LogP contribution is 2.29. The van der Waals surface area contributed by atoms with Gasteiger partial charge in [-0.15, -0.1) is 11.3 Å². The summed E-state index contributed by atoms with van der Waals surface area (Å²) in [6.07, 6.45) is 3.49. The first kappa shape index (κ1) is 24.7. The zero-order valence-electron chi connectivity index (χ0n) is 20.6. The number of amides is 2. The fraction of sp³-hybridized carbons (Fsp3) is 0.370. The molecule has 4 rings (SSSR count). The molecule has 2 amide bonds. The van der Waals surface area contributed by atoms with Crippen molar-refractivity contribution in [1.82, 2.24) is 14.8 Å². The number of nitrogens with zero attached hydrogens (tertiary/aromatic N) is 4. The molecule has 8 heteroatoms. The summed E-state index contributed by atoms with van der Waals surface area (Å²) >= 11 is 1.46. The van der Waals surface area contributed by atoms with Crippen LogP contribution < -0.4 is 9.64 Å². The number of thiophene rings is 1. The number of benzene rings is 1. The van der Waals surface area contributed by atoms with Crippen LogP contribution in [0.2, 0.25) is 0 Å². The van der Waals surface area contributed by atoms with Gasteiger partial charge in [0.05, 0.1) is 17.7 Å². The molecule has 0 atom stereocenters. The molecular formula is C27H32N4O3S. The molecule has 0 aliphatic carbocycles. The van der Waals surface area contributed by atoms with Crippen LogP contribution in [0.5, 0.6) is 5.75 Å². The summed E-state index contributed by atoms with van der Waals surface area (Å²) in [5.41, 5.74) is 3.71. The Labute approximate surface area is 210 Å². The maximum Gasteiger partial charge on any atom is 0.264 e. The number of hydrogen-bond donors (Lipinski definition) is 0. The van der Waals surface area contributed by atoms with Gasteiger partial charge in [0.25, 0.3) is 11.8 Å². The molecule has 184 valence electrons. The molecule has 0 N–H and O–H groups in total. The predicted octanol–water partition coefficient (Wildman–Crippen LogP) is 4.65. The molecule has 3 aromatic rings. The number of carbonyl (C=O) groups excluding carboxylic acids is 2. The topological polar surface area (TPSA) is 66.0 Å². The number of hydrogen-bond acceptors (Lipinski definition) is 6. The normalized spacial score (nSPS) is 13.6. The monoisotopic (exact) mass is 492 g/mol. The van der Waals surface area contributed by atoms with E-state index in [-0.39, 0.29) is 11.8 Å². The van der Waals surface area contributed by atoms with E-state index in [1.54, 1.807) is 12.4 Å². The van der Waals surface area contributed by atoms with Crippen molar-refractivity contribution in [3.05, 3.63) is 64.6 Å². The maximum atomic E-state index is 13.1. The highest BCUT2D eigenvalue weighted by Gasteiger charge is 2.24. The van der Waals surface area contributed by atoms with Gasteiger partial charge in [-0.3, -0.25) is 14.6 Å². The van der Waals surface area contributed by atoms with E-state index in [0.717, 1.165) is 40.5 Å². The van der Waals surface area contributed by atoms with Gasteiger partial charge in [0, 0.05) is 62.3 Å². The van der Waals surface area contributed by atoms with E-state index < -0.39 is 0 Å². The van der Waals surface area contributed by atoms with Gasteiger partial charge in [0.1, 0.15) is 5.75 Å². The van der Waals surface area contributed by atoms with Gasteiger partial charge in [-0.1, -0.05) is 0 Å². The van der Waals surface area contributed by atoms with Crippen LogP contribution in [0.25, 0.3) is 11.1 Å². The van der Waals surface area contributed by atoms with Crippen molar-refractivity contribution >= 4 is 28.8 Å². The lowest BCUT2D eigenvalue weighted by molar-refractivity contribution is 0.0748. The third-order valence-corrected chi connectivity index (χ3v) is 7.18. The molecule has 3 heterocycles. The minimum atomic E-state index is 0.0627. The Kier molecular flexibility index (Phi) is 8.02. The van der Waals surface area contributed by atoms with E-state index in [2.05, 4.69) is 9.88 Å². The number of ether oxygens (including phenoxy) is 1. The molecule has 7 nitrogen and oxygen atoms in total. The summed E-state index contributed by atoms with van der Waals surface area (Å²) in [5.74, 6) is 0.855. The number of rotatable bonds is 8. The molecule has 0 bridgehead atoms. The van der Waals surface area contributed by atoms with Gasteiger partial charge in [-0.2, -0.15) is 0 Å². The summed E-state index contributed by atoms with van der Waals surface area (Å²) in [6, 6.07) is 11.7. The van der Waals surface area contributed by atoms with Gasteiger partial charge < -0.3 is 19.4 Å². The van der Waals surface area contributed by atoms with E-state index in [4.69, 9.17) is 4.74 Å². The summed E-state index contributed by atoms with van der Waals surface area (Å²) in [6.45, 7) is 10.8. The van der Waals surface area contributed by atoms with Crippen molar-refractivity contribution < 1.29 is 14.3 Å². The fourth-order valence-corrected chi connectivity index (χ4v) is 5.14. The highest BCUT2D eigenvalue weighted by molar-refractivity contribution is 7.12. The Hall–Kier alpha value is -3.39. The quantitative estimate of drug-likeness (QED) is 0.458. The summed E-state index contributed by atoms with van der Waals surface area (Å²) in [4.78, 5) is 36.7. The van der Waals surface area contributed by atoms with Gasteiger partial charge >= 0.3 is 0 Å². The van der Waals surface area contributed by atoms with E-state index in [0.29, 0.717) is 38.3 Å². The molecule has 1 aromatic carbocycles. The lowest BCUT2D eigenvalue weighted by Gasteiger charge is -2.36. The molecule has 35 heavy (non-hydrogen) atoms. The second-order valence-electron chi connectivity index (χ2n) is 8.35. The summed E-state index contributed by atoms with van der Waals surface area (Å²) < 4.78 is 5.55. The number of carbonyl (C=O) groups is 2. The van der Waals surface area contributed by atoms with Crippen LogP contribution in [0.3, 0.4) is 0 Å². The first-order valence-electron chi connectivity index (χ1n) is 12.1. The fourth-order valence-electron chi connectivity index (χ4n) is 4.25. The van der Waals surface area contributed by atoms with Gasteiger partial charge in [-0.25, -0.2) is 0 Å². The van der Waals surface area contributed by atoms with E-state index in [9.17, 15) is 9.59 Å². The van der Waals surface area contributed by atoms with Crippen molar-refractivity contribution in [2.24, 2.45) is 0 Å². The van der Waals surface area contributed by atoms with Crippen molar-refractivity contribution in [1.29, 1.82) is 0 Å². The molecule has 0 unspecified atom stereocenters. The van der Waals surface area contributed by atoms with Gasteiger partial charge in [0.2, 0.25) is 0 Å². The Morgan fingerprint density at radius 2 is 1.69 bits per heavy atom. The Morgan fingerprint density at radius 1 is 0.971 bits per heavy atom. The number of aromatic nitrogens is 1. The zero-order chi connectivity index (χ0) is 24.8. The van der Waals surface area contributed by atoms with Crippen LogP contribution in [0.15, 0.2) is 54.2 Å². The lowest BCUT2D eigenvalue weighted by atomic mass is 10.1. The van der Waals surface area contributed by atoms with Crippen LogP contribution in [-0.2, 0) is 0 Å². The predicted molar refractivity (Wildman–Crippen MR) is 141 cm³/mol. The van der Waals surface area contributed by atoms with Gasteiger partial charge in [-0.05, 0) is 68.1 Å². The largest absolute Gasteiger partial charge is 0.492 e. The SMILES string of the molecule is CCOc1cncc(-c2csc(C(=O)N3CCN(c4ccc(C(=O)N(CC)CC)cc4)CC3)c2)c1. The second-order valence-corrected chi connectivity index (χ2v) is 9.26. The molecule has 1 fully saturated rings. The summed E-state index contributed by atoms with van der Waals surface area (Å²) in [7, 11) is 0. The zero-order valence-corrected chi connectivity index (χ0v) is 21.4. The molecule has 0 radical (unpaired) electrons. The molecule has 1 aliphatic rings. The van der Waals surface area contributed by atoms with Crippen molar-refractivity contribution in [2.45, 2.75) is 20.8 Å². The molecule has 2 aromatic heterocycles. The number of pyridine rings is 1. The van der Waals surface area contributed by atoms with Crippen LogP contribution >= 0.6 is 11.3 Å². The minimum absolute atomic E-state index is 0.0627. The molecule has 0 saturated carbocycles. The highest BCUT2D eigenvalue weighted by atomic mass is 32.1. The van der Waals surface area contributed by atoms with Crippen LogP contribution in [0, 0.1) is 0 Å². The average molecular weight is 493 g/mol. The third kappa shape index (κ3) is 5.65. The molecule has 1 saturated heterocycles. The Bertz CT molecular complexity index is 1150. The Balaban J connectivity index is 1.36. The standard InChI is InChI=1S/C27H32N4O3S/c1-4-29(5-2)26(32)20-7-9-23(10-8-20)30-11-13-31(14-12-30)27(33)25-16-22(19-35-25)21-15-24(34-6-3)18-28-17-21/h7-10,15-19H,4-6,11-14H2,1-3H3. The Morgan fingerprint density at radius 3 is 2.34 bits per heavy atom. The minimum Gasteiger partial charge on any atom is -0.492 e. The van der Waals surface area contributed by atoms with Crippen molar-refractivity contribution in [3.8, 4) is 16.9 Å². The summed E-state index contributed by atoms with van der Waals surface area (Å²) in [5, 5.41) is 2.00. The van der Waals surface area contributed by atoms with Gasteiger partial charge in [0.15, 0.2) is 0 Å². The van der Waals surface area contributed by atoms with E-state index in [1.807, 2.05) is 72.3 Å². The number of anilines is 1. The maximum absolute atomic E-state index is 13.1. The van der Waals surface area contributed by atoms with E-state index >= 15 is 0 Å². The van der Waals surface area contributed by atoms with Crippen LogP contribution in [0.1, 0.15) is 40.8 Å². The molecule has 0 spiro atoms. The van der Waals surface area contributed by atoms with Crippen molar-refractivity contribution in [3.63, 3.8) is 0 Å². The van der Waals surface area contributed by atoms with E-state index in [1.165, 1.54) is 11.3 Å². The molecular weight excluding hydrogens is 460 g/mol. The van der Waals surface area contributed by atoms with Crippen molar-refractivity contribution in [2.75, 3.05) is 50.8 Å². The van der Waals surface area contributed by atoms with Crippen LogP contribution in [-0.4, -0.2) is 72.5 Å². The lowest BCUT2D eigenvalue weighted by Crippen LogP contribution is -2.48. The first-order valence-corrected chi connectivity index (χ1v) is 13.0. The number of piperazine rings is 1. The second kappa shape index (κ2) is 11.4. The van der Waals surface area contributed by atoms with Crippen LogP contribution in [0.4, 0.5) is 5.69 Å². The smallest absolute Gasteiger partial charge is 0.264 e. The first-order chi connectivity index (χ1) is 17.0. The third-order valence-electron chi connectivity index (χ3n) is 6.26. The molecule has 1 aliphatic heterocycles. The average Bonchev–Trinajstić information content (AvgIpc) is 3.40.